The van der Waals surface area contributed by atoms with Crippen LogP contribution in [0.15, 0.2) is 53.7 Å². The molecule has 1 aromatic heterocycles. The third-order valence-corrected chi connectivity index (χ3v) is 6.79. The van der Waals surface area contributed by atoms with Crippen LogP contribution in [-0.4, -0.2) is 26.3 Å². The first-order chi connectivity index (χ1) is 14.5. The molecule has 1 saturated carbocycles. The molecule has 2 aromatic carbocycles. The number of ketones is 1. The number of nitrogens with zero attached hydrogens (tertiary/aromatic N) is 3. The largest absolute Gasteiger partial charge is 0.299 e. The lowest BCUT2D eigenvalue weighted by molar-refractivity contribution is 0.101. The maximum absolute atomic E-state index is 14.0. The standard InChI is InChI=1S/C24H26FN3OS/c1-16-8-7-10-18(14-16)23-26-27-24(28(23)21-13-6-3-9-17(21)2)30-15-22(29)19-11-4-5-12-20(19)25/h4-5,7-8,10-12,14,17,21H,3,6,9,13,15H2,1-2H3/t17-,21-/m1/s1. The third kappa shape index (κ3) is 4.33. The maximum Gasteiger partial charge on any atom is 0.192 e. The second-order valence-corrected chi connectivity index (χ2v) is 9.01. The first-order valence-electron chi connectivity index (χ1n) is 10.5. The summed E-state index contributed by atoms with van der Waals surface area (Å²) in [6.45, 7) is 4.35. The summed E-state index contributed by atoms with van der Waals surface area (Å²) in [5.74, 6) is 0.777. The van der Waals surface area contributed by atoms with Gasteiger partial charge >= 0.3 is 0 Å². The lowest BCUT2D eigenvalue weighted by atomic mass is 9.85. The molecule has 1 aliphatic rings. The van der Waals surface area contributed by atoms with Crippen molar-refractivity contribution >= 4 is 17.5 Å². The molecule has 0 radical (unpaired) electrons. The average molecular weight is 424 g/mol. The molecule has 6 heteroatoms. The highest BCUT2D eigenvalue weighted by atomic mass is 32.2. The normalized spacial score (nSPS) is 19.0. The molecule has 1 aliphatic carbocycles. The number of carbonyl (C=O) groups excluding carboxylic acids is 1. The van der Waals surface area contributed by atoms with Gasteiger partial charge in [0.15, 0.2) is 16.8 Å². The van der Waals surface area contributed by atoms with E-state index < -0.39 is 5.82 Å². The van der Waals surface area contributed by atoms with E-state index in [2.05, 4.69) is 46.8 Å². The first-order valence-corrected chi connectivity index (χ1v) is 11.5. The van der Waals surface area contributed by atoms with E-state index in [1.807, 2.05) is 6.07 Å². The van der Waals surface area contributed by atoms with Gasteiger partial charge < -0.3 is 0 Å². The van der Waals surface area contributed by atoms with Crippen LogP contribution in [-0.2, 0) is 0 Å². The summed E-state index contributed by atoms with van der Waals surface area (Å²) >= 11 is 1.35. The number of hydrogen-bond donors (Lipinski definition) is 0. The van der Waals surface area contributed by atoms with Crippen molar-refractivity contribution in [3.8, 4) is 11.4 Å². The van der Waals surface area contributed by atoms with E-state index in [0.29, 0.717) is 12.0 Å². The SMILES string of the molecule is Cc1cccc(-c2nnc(SCC(=O)c3ccccc3F)n2[C@@H]2CCCC[C@H]2C)c1. The van der Waals surface area contributed by atoms with Crippen LogP contribution in [0.3, 0.4) is 0 Å². The number of hydrogen-bond acceptors (Lipinski definition) is 4. The first kappa shape index (κ1) is 20.8. The van der Waals surface area contributed by atoms with Crippen LogP contribution in [0.4, 0.5) is 4.39 Å². The molecule has 3 aromatic rings. The highest BCUT2D eigenvalue weighted by molar-refractivity contribution is 7.99. The van der Waals surface area contributed by atoms with E-state index in [4.69, 9.17) is 0 Å². The summed E-state index contributed by atoms with van der Waals surface area (Å²) in [7, 11) is 0. The number of rotatable bonds is 6. The zero-order valence-electron chi connectivity index (χ0n) is 17.3. The molecule has 1 heterocycles. The summed E-state index contributed by atoms with van der Waals surface area (Å²) in [5.41, 5.74) is 2.33. The lowest BCUT2D eigenvalue weighted by Gasteiger charge is -2.31. The van der Waals surface area contributed by atoms with Crippen molar-refractivity contribution in [1.82, 2.24) is 14.8 Å². The molecule has 0 N–H and O–H groups in total. The van der Waals surface area contributed by atoms with Gasteiger partial charge in [-0.05, 0) is 43.9 Å². The van der Waals surface area contributed by atoms with E-state index in [9.17, 15) is 9.18 Å². The van der Waals surface area contributed by atoms with Crippen LogP contribution in [0, 0.1) is 18.7 Å². The van der Waals surface area contributed by atoms with Crippen molar-refractivity contribution in [2.75, 3.05) is 5.75 Å². The summed E-state index contributed by atoms with van der Waals surface area (Å²) in [5, 5.41) is 9.69. The molecular formula is C24H26FN3OS. The van der Waals surface area contributed by atoms with Crippen LogP contribution in [0.25, 0.3) is 11.4 Å². The number of Topliss-reactive ketones (excluding diaryl/α,β-unsaturated/α-hetero) is 1. The Morgan fingerprint density at radius 3 is 2.70 bits per heavy atom. The van der Waals surface area contributed by atoms with Crippen LogP contribution < -0.4 is 0 Å². The zero-order valence-corrected chi connectivity index (χ0v) is 18.2. The van der Waals surface area contributed by atoms with Crippen molar-refractivity contribution < 1.29 is 9.18 Å². The van der Waals surface area contributed by atoms with Crippen molar-refractivity contribution in [3.63, 3.8) is 0 Å². The molecule has 156 valence electrons. The number of aromatic nitrogens is 3. The Bertz CT molecular complexity index is 1050. The molecule has 0 unspecified atom stereocenters. The topological polar surface area (TPSA) is 47.8 Å². The fourth-order valence-corrected chi connectivity index (χ4v) is 5.11. The van der Waals surface area contributed by atoms with Gasteiger partial charge in [0.05, 0.1) is 11.3 Å². The molecule has 30 heavy (non-hydrogen) atoms. The van der Waals surface area contributed by atoms with Crippen LogP contribution >= 0.6 is 11.8 Å². The van der Waals surface area contributed by atoms with Gasteiger partial charge in [-0.15, -0.1) is 10.2 Å². The highest BCUT2D eigenvalue weighted by Crippen LogP contribution is 2.39. The molecule has 2 atom stereocenters. The molecule has 0 amide bonds. The predicted octanol–water partition coefficient (Wildman–Crippen LogP) is 6.12. The van der Waals surface area contributed by atoms with Gasteiger partial charge in [-0.1, -0.05) is 67.4 Å². The molecule has 4 rings (SSSR count). The average Bonchev–Trinajstić information content (AvgIpc) is 3.16. The van der Waals surface area contributed by atoms with E-state index >= 15 is 0 Å². The summed E-state index contributed by atoms with van der Waals surface area (Å²) in [6.07, 6.45) is 4.67. The molecule has 0 saturated heterocycles. The highest BCUT2D eigenvalue weighted by Gasteiger charge is 2.29. The second-order valence-electron chi connectivity index (χ2n) is 8.07. The van der Waals surface area contributed by atoms with Crippen LogP contribution in [0.2, 0.25) is 0 Å². The number of halogens is 1. The van der Waals surface area contributed by atoms with E-state index in [0.717, 1.165) is 23.0 Å². The summed E-state index contributed by atoms with van der Waals surface area (Å²) < 4.78 is 16.2. The van der Waals surface area contributed by atoms with Gasteiger partial charge in [0, 0.05) is 11.6 Å². The summed E-state index contributed by atoms with van der Waals surface area (Å²) in [6, 6.07) is 14.7. The van der Waals surface area contributed by atoms with Gasteiger partial charge in [-0.2, -0.15) is 0 Å². The van der Waals surface area contributed by atoms with E-state index in [1.54, 1.807) is 12.1 Å². The minimum absolute atomic E-state index is 0.126. The van der Waals surface area contributed by atoms with Crippen LogP contribution in [0.5, 0.6) is 0 Å². The molecule has 0 aliphatic heterocycles. The lowest BCUT2D eigenvalue weighted by Crippen LogP contribution is -2.22. The van der Waals surface area contributed by atoms with Crippen molar-refractivity contribution in [2.24, 2.45) is 5.92 Å². The van der Waals surface area contributed by atoms with E-state index in [1.165, 1.54) is 48.7 Å². The Morgan fingerprint density at radius 2 is 1.93 bits per heavy atom. The Morgan fingerprint density at radius 1 is 1.13 bits per heavy atom. The number of thioether (sulfide) groups is 1. The van der Waals surface area contributed by atoms with Gasteiger partial charge in [0.1, 0.15) is 5.82 Å². The maximum atomic E-state index is 14.0. The van der Waals surface area contributed by atoms with Gasteiger partial charge in [-0.3, -0.25) is 9.36 Å². The molecule has 1 fully saturated rings. The van der Waals surface area contributed by atoms with Crippen molar-refractivity contribution in [1.29, 1.82) is 0 Å². The fourth-order valence-electron chi connectivity index (χ4n) is 4.23. The quantitative estimate of drug-likeness (QED) is 0.354. The van der Waals surface area contributed by atoms with E-state index in [-0.39, 0.29) is 17.1 Å². The fraction of sp³-hybridized carbons (Fsp3) is 0.375. The van der Waals surface area contributed by atoms with Gasteiger partial charge in [0.2, 0.25) is 0 Å². The minimum atomic E-state index is -0.481. The number of aryl methyl sites for hydroxylation is 1. The predicted molar refractivity (Wildman–Crippen MR) is 118 cm³/mol. The number of benzene rings is 2. The van der Waals surface area contributed by atoms with Gasteiger partial charge in [-0.25, -0.2) is 4.39 Å². The van der Waals surface area contributed by atoms with Crippen LogP contribution in [0.1, 0.15) is 54.6 Å². The van der Waals surface area contributed by atoms with Crippen molar-refractivity contribution in [3.05, 3.63) is 65.5 Å². The smallest absolute Gasteiger partial charge is 0.192 e. The molecular weight excluding hydrogens is 397 g/mol. The Labute approximate surface area is 180 Å². The Balaban J connectivity index is 1.66. The van der Waals surface area contributed by atoms with Gasteiger partial charge in [0.25, 0.3) is 0 Å². The monoisotopic (exact) mass is 423 g/mol. The Kier molecular flexibility index (Phi) is 6.32. The molecule has 0 bridgehead atoms. The molecule has 0 spiro atoms. The third-order valence-electron chi connectivity index (χ3n) is 5.85. The number of carbonyl (C=O) groups is 1. The minimum Gasteiger partial charge on any atom is -0.299 e. The second kappa shape index (κ2) is 9.13. The Hall–Kier alpha value is -2.47. The zero-order chi connectivity index (χ0) is 21.1. The van der Waals surface area contributed by atoms with Crippen molar-refractivity contribution in [2.45, 2.75) is 50.7 Å². The summed E-state index contributed by atoms with van der Waals surface area (Å²) in [4.78, 5) is 12.6. The molecule has 4 nitrogen and oxygen atoms in total.